The van der Waals surface area contributed by atoms with Crippen molar-refractivity contribution in [2.45, 2.75) is 90.4 Å². The fraction of sp³-hybridized carbons (Fsp3) is 0.333. The molecule has 0 fully saturated rings. The van der Waals surface area contributed by atoms with E-state index in [1.807, 2.05) is 0 Å². The summed E-state index contributed by atoms with van der Waals surface area (Å²) in [6.45, 7) is 18.8. The Morgan fingerprint density at radius 3 is 1.67 bits per heavy atom. The van der Waals surface area contributed by atoms with Gasteiger partial charge < -0.3 is 0 Å². The molecule has 1 atom stereocenters. The van der Waals surface area contributed by atoms with Crippen molar-refractivity contribution in [2.24, 2.45) is 0 Å². The number of allylic oxidation sites excluding steroid dienone is 4. The lowest BCUT2D eigenvalue weighted by Gasteiger charge is -2.35. The molecular formula is C42H46. The van der Waals surface area contributed by atoms with Crippen molar-refractivity contribution in [2.75, 3.05) is 0 Å². The minimum atomic E-state index is -0.146. The maximum atomic E-state index is 2.53. The summed E-state index contributed by atoms with van der Waals surface area (Å²) in [5, 5.41) is 0. The molecular weight excluding hydrogens is 504 g/mol. The smallest absolute Gasteiger partial charge is 0.0183 e. The lowest BCUT2D eigenvalue weighted by Crippen LogP contribution is -2.27. The fourth-order valence-electron chi connectivity index (χ4n) is 7.15. The number of rotatable bonds is 5. The van der Waals surface area contributed by atoms with Gasteiger partial charge in [0.25, 0.3) is 0 Å². The molecule has 0 spiro atoms. The third-order valence-corrected chi connectivity index (χ3v) is 9.81. The second-order valence-corrected chi connectivity index (χ2v) is 14.9. The molecule has 2 aliphatic carbocycles. The molecule has 0 amide bonds. The van der Waals surface area contributed by atoms with Gasteiger partial charge in [0.05, 0.1) is 0 Å². The third-order valence-electron chi connectivity index (χ3n) is 9.81. The molecule has 1 unspecified atom stereocenters. The topological polar surface area (TPSA) is 0 Å². The van der Waals surface area contributed by atoms with Crippen molar-refractivity contribution in [3.63, 3.8) is 0 Å². The minimum absolute atomic E-state index is 0.0634. The van der Waals surface area contributed by atoms with E-state index in [1.54, 1.807) is 0 Å². The Labute approximate surface area is 254 Å². The summed E-state index contributed by atoms with van der Waals surface area (Å²) in [6.07, 6.45) is 6.84. The first-order chi connectivity index (χ1) is 19.9. The average Bonchev–Trinajstić information content (AvgIpc) is 3.53. The number of fused-ring (bicyclic) bond motifs is 3. The Morgan fingerprint density at radius 1 is 0.595 bits per heavy atom. The van der Waals surface area contributed by atoms with Crippen LogP contribution in [0.1, 0.15) is 113 Å². The fourth-order valence-corrected chi connectivity index (χ4v) is 7.15. The summed E-state index contributed by atoms with van der Waals surface area (Å²) < 4.78 is 0. The second-order valence-electron chi connectivity index (χ2n) is 14.9. The SMILES string of the molecule is CC1=CCC(c2cc(C(C)(C)C)cc3c2C(CC(C)(c2ccccc2)c2ccccc2)c2ccc(C(C)(C)C)cc2-3)=C1. The van der Waals surface area contributed by atoms with Gasteiger partial charge in [0.2, 0.25) is 0 Å². The van der Waals surface area contributed by atoms with Crippen LogP contribution in [0.25, 0.3) is 16.7 Å². The second kappa shape index (κ2) is 10.3. The van der Waals surface area contributed by atoms with E-state index in [0.717, 1.165) is 12.8 Å². The number of benzene rings is 4. The Balaban J connectivity index is 1.63. The van der Waals surface area contributed by atoms with E-state index in [9.17, 15) is 0 Å². The Morgan fingerprint density at radius 2 is 1.14 bits per heavy atom. The summed E-state index contributed by atoms with van der Waals surface area (Å²) >= 11 is 0. The molecule has 214 valence electrons. The maximum Gasteiger partial charge on any atom is 0.0183 e. The molecule has 0 aliphatic heterocycles. The van der Waals surface area contributed by atoms with Gasteiger partial charge in [-0.2, -0.15) is 0 Å². The number of hydrogen-bond donors (Lipinski definition) is 0. The molecule has 0 nitrogen and oxygen atoms in total. The highest BCUT2D eigenvalue weighted by molar-refractivity contribution is 5.88. The highest BCUT2D eigenvalue weighted by atomic mass is 14.4. The summed E-state index contributed by atoms with van der Waals surface area (Å²) in [4.78, 5) is 0. The van der Waals surface area contributed by atoms with Crippen LogP contribution < -0.4 is 0 Å². The van der Waals surface area contributed by atoms with Crippen molar-refractivity contribution in [1.29, 1.82) is 0 Å². The van der Waals surface area contributed by atoms with Crippen LogP contribution in [0, 0.1) is 0 Å². The highest BCUT2D eigenvalue weighted by Crippen LogP contribution is 2.55. The van der Waals surface area contributed by atoms with Gasteiger partial charge in [-0.15, -0.1) is 0 Å². The van der Waals surface area contributed by atoms with Crippen molar-refractivity contribution in [3.8, 4) is 11.1 Å². The van der Waals surface area contributed by atoms with E-state index in [2.05, 4.69) is 159 Å². The van der Waals surface area contributed by atoms with Crippen LogP contribution in [0.4, 0.5) is 0 Å². The highest BCUT2D eigenvalue weighted by Gasteiger charge is 2.40. The predicted octanol–water partition coefficient (Wildman–Crippen LogP) is 11.5. The van der Waals surface area contributed by atoms with Crippen molar-refractivity contribution in [1.82, 2.24) is 0 Å². The van der Waals surface area contributed by atoms with Crippen LogP contribution >= 0.6 is 0 Å². The van der Waals surface area contributed by atoms with E-state index >= 15 is 0 Å². The lowest BCUT2D eigenvalue weighted by atomic mass is 9.68. The monoisotopic (exact) mass is 550 g/mol. The van der Waals surface area contributed by atoms with Crippen LogP contribution in [0.3, 0.4) is 0 Å². The first-order valence-corrected chi connectivity index (χ1v) is 15.7. The molecule has 0 saturated heterocycles. The van der Waals surface area contributed by atoms with E-state index in [4.69, 9.17) is 0 Å². The normalized spacial score (nSPS) is 16.6. The summed E-state index contributed by atoms with van der Waals surface area (Å²) in [5.74, 6) is 0.292. The average molecular weight is 551 g/mol. The van der Waals surface area contributed by atoms with E-state index in [1.165, 1.54) is 61.2 Å². The molecule has 0 radical (unpaired) electrons. The first-order valence-electron chi connectivity index (χ1n) is 15.7. The van der Waals surface area contributed by atoms with Crippen molar-refractivity contribution >= 4 is 5.57 Å². The maximum absolute atomic E-state index is 2.53. The molecule has 0 saturated carbocycles. The van der Waals surface area contributed by atoms with Crippen molar-refractivity contribution in [3.05, 3.63) is 148 Å². The van der Waals surface area contributed by atoms with Crippen molar-refractivity contribution < 1.29 is 0 Å². The first kappa shape index (κ1) is 28.5. The third kappa shape index (κ3) is 5.00. The van der Waals surface area contributed by atoms with Crippen LogP contribution in [-0.4, -0.2) is 0 Å². The zero-order valence-corrected chi connectivity index (χ0v) is 26.8. The van der Waals surface area contributed by atoms with Gasteiger partial charge in [-0.1, -0.05) is 157 Å². The molecule has 2 aliphatic rings. The van der Waals surface area contributed by atoms with Gasteiger partial charge in [-0.3, -0.25) is 0 Å². The van der Waals surface area contributed by atoms with Gasteiger partial charge in [0.1, 0.15) is 0 Å². The van der Waals surface area contributed by atoms with Gasteiger partial charge >= 0.3 is 0 Å². The summed E-state index contributed by atoms with van der Waals surface area (Å²) in [7, 11) is 0. The van der Waals surface area contributed by atoms with Crippen LogP contribution in [0.2, 0.25) is 0 Å². The van der Waals surface area contributed by atoms with Gasteiger partial charge in [0, 0.05) is 11.3 Å². The Bertz CT molecular complexity index is 1640. The van der Waals surface area contributed by atoms with Gasteiger partial charge in [-0.05, 0) is 86.2 Å². The van der Waals surface area contributed by atoms with E-state index in [-0.39, 0.29) is 16.2 Å². The van der Waals surface area contributed by atoms with Gasteiger partial charge in [-0.25, -0.2) is 0 Å². The molecule has 4 aromatic rings. The zero-order chi connectivity index (χ0) is 29.9. The minimum Gasteiger partial charge on any atom is -0.0772 e. The zero-order valence-electron chi connectivity index (χ0n) is 26.8. The molecule has 4 aromatic carbocycles. The molecule has 0 N–H and O–H groups in total. The quantitative estimate of drug-likeness (QED) is 0.232. The molecule has 0 bridgehead atoms. The molecule has 42 heavy (non-hydrogen) atoms. The molecule has 6 rings (SSSR count). The van der Waals surface area contributed by atoms with Crippen LogP contribution in [0.5, 0.6) is 0 Å². The summed E-state index contributed by atoms with van der Waals surface area (Å²) in [6, 6.07) is 34.8. The van der Waals surface area contributed by atoms with Gasteiger partial charge in [0.15, 0.2) is 0 Å². The largest absolute Gasteiger partial charge is 0.0772 e. The summed E-state index contributed by atoms with van der Waals surface area (Å²) in [5.41, 5.74) is 15.8. The standard InChI is InChI=1S/C42H46/c1-28-19-20-29(23-28)35-25-33(41(5,6)7)26-37-36-24-32(40(2,3)4)21-22-34(36)38(39(35)37)27-42(8,30-15-11-9-12-16-30)31-17-13-10-14-18-31/h9-19,21-26,38H,20,27H2,1-8H3. The van der Waals surface area contributed by atoms with E-state index < -0.39 is 0 Å². The molecule has 0 heteroatoms. The number of hydrogen-bond acceptors (Lipinski definition) is 0. The van der Waals surface area contributed by atoms with Crippen LogP contribution in [0.15, 0.2) is 109 Å². The van der Waals surface area contributed by atoms with E-state index in [0.29, 0.717) is 5.92 Å². The predicted molar refractivity (Wildman–Crippen MR) is 181 cm³/mol. The van der Waals surface area contributed by atoms with Crippen LogP contribution in [-0.2, 0) is 16.2 Å². The molecule has 0 aromatic heterocycles. The Kier molecular flexibility index (Phi) is 6.96. The molecule has 0 heterocycles. The Hall–Kier alpha value is -3.64. The lowest BCUT2D eigenvalue weighted by molar-refractivity contribution is 0.489.